The van der Waals surface area contributed by atoms with E-state index in [4.69, 9.17) is 21.7 Å². The molecule has 4 rings (SSSR count). The predicted octanol–water partition coefficient (Wildman–Crippen LogP) is 3.57. The topological polar surface area (TPSA) is 74.4 Å². The van der Waals surface area contributed by atoms with E-state index in [0.29, 0.717) is 34.2 Å². The van der Waals surface area contributed by atoms with Gasteiger partial charge in [0.2, 0.25) is 5.88 Å². The van der Waals surface area contributed by atoms with Crippen molar-refractivity contribution in [2.24, 2.45) is 0 Å². The number of aromatic hydroxyl groups is 1. The van der Waals surface area contributed by atoms with E-state index < -0.39 is 0 Å². The molecule has 2 heterocycles. The predicted molar refractivity (Wildman–Crippen MR) is 107 cm³/mol. The normalized spacial score (nSPS) is 15.1. The molecular formula is C21H21ClN4O2. The van der Waals surface area contributed by atoms with Gasteiger partial charge in [-0.3, -0.25) is 5.41 Å². The standard InChI is InChI=1S/C21H21ClN4O2/c1-25(2)9-10-26-12-24-21-19(20(26)23)18(13-3-5-14(22)6-4-13)16-8-7-15(27)11-17(16)28-21/h3-8,11-12,18,23,27H,9-10H2,1-2H3/t18-/m0/s1. The summed E-state index contributed by atoms with van der Waals surface area (Å²) >= 11 is 6.08. The molecule has 7 heteroatoms. The van der Waals surface area contributed by atoms with Crippen molar-refractivity contribution < 1.29 is 9.84 Å². The first-order valence-electron chi connectivity index (χ1n) is 8.99. The zero-order valence-electron chi connectivity index (χ0n) is 15.7. The molecule has 0 saturated carbocycles. The molecule has 0 bridgehead atoms. The van der Waals surface area contributed by atoms with Crippen LogP contribution in [0.1, 0.15) is 22.6 Å². The lowest BCUT2D eigenvalue weighted by molar-refractivity contribution is 0.370. The van der Waals surface area contributed by atoms with Crippen LogP contribution in [0, 0.1) is 5.41 Å². The van der Waals surface area contributed by atoms with Gasteiger partial charge >= 0.3 is 0 Å². The summed E-state index contributed by atoms with van der Waals surface area (Å²) < 4.78 is 7.78. The molecule has 0 amide bonds. The number of phenolic OH excluding ortho intramolecular Hbond substituents is 1. The average Bonchev–Trinajstić information content (AvgIpc) is 2.66. The highest BCUT2D eigenvalue weighted by Crippen LogP contribution is 2.46. The number of ether oxygens (including phenoxy) is 1. The number of hydrogen-bond donors (Lipinski definition) is 2. The Bertz CT molecular complexity index is 1080. The van der Waals surface area contributed by atoms with Gasteiger partial charge in [0.05, 0.1) is 5.56 Å². The summed E-state index contributed by atoms with van der Waals surface area (Å²) in [5, 5.41) is 19.4. The quantitative estimate of drug-likeness (QED) is 0.553. The van der Waals surface area contributed by atoms with E-state index in [1.165, 1.54) is 0 Å². The molecule has 144 valence electrons. The maximum Gasteiger partial charge on any atom is 0.228 e. The number of rotatable bonds is 4. The molecule has 1 aliphatic rings. The summed E-state index contributed by atoms with van der Waals surface area (Å²) in [5.74, 6) is 0.832. The Hall–Kier alpha value is -2.83. The van der Waals surface area contributed by atoms with E-state index in [-0.39, 0.29) is 11.7 Å². The van der Waals surface area contributed by atoms with Gasteiger partial charge in [-0.2, -0.15) is 0 Å². The van der Waals surface area contributed by atoms with Gasteiger partial charge in [-0.1, -0.05) is 29.8 Å². The molecule has 0 saturated heterocycles. The zero-order chi connectivity index (χ0) is 19.8. The summed E-state index contributed by atoms with van der Waals surface area (Å²) in [6.07, 6.45) is 1.64. The third kappa shape index (κ3) is 3.37. The summed E-state index contributed by atoms with van der Waals surface area (Å²) in [6.45, 7) is 1.45. The lowest BCUT2D eigenvalue weighted by Crippen LogP contribution is -2.32. The Morgan fingerprint density at radius 3 is 2.68 bits per heavy atom. The number of likely N-dealkylation sites (N-methyl/N-ethyl adjacent to an activating group) is 1. The van der Waals surface area contributed by atoms with Crippen molar-refractivity contribution in [3.8, 4) is 17.4 Å². The van der Waals surface area contributed by atoms with Crippen molar-refractivity contribution in [3.63, 3.8) is 0 Å². The number of nitrogens with one attached hydrogen (secondary N) is 1. The van der Waals surface area contributed by atoms with E-state index in [1.54, 1.807) is 18.5 Å². The summed E-state index contributed by atoms with van der Waals surface area (Å²) in [5.41, 5.74) is 2.95. The van der Waals surface area contributed by atoms with Crippen molar-refractivity contribution in [2.45, 2.75) is 12.5 Å². The van der Waals surface area contributed by atoms with Crippen LogP contribution in [0.25, 0.3) is 0 Å². The molecule has 0 radical (unpaired) electrons. The number of aromatic nitrogens is 2. The molecule has 0 spiro atoms. The second-order valence-electron chi connectivity index (χ2n) is 7.12. The highest BCUT2D eigenvalue weighted by atomic mass is 35.5. The van der Waals surface area contributed by atoms with E-state index in [9.17, 15) is 5.11 Å². The number of halogens is 1. The zero-order valence-corrected chi connectivity index (χ0v) is 16.4. The smallest absolute Gasteiger partial charge is 0.228 e. The first-order chi connectivity index (χ1) is 13.4. The van der Waals surface area contributed by atoms with Crippen LogP contribution < -0.4 is 10.2 Å². The van der Waals surface area contributed by atoms with Crippen molar-refractivity contribution in [1.82, 2.24) is 14.5 Å². The second-order valence-corrected chi connectivity index (χ2v) is 7.55. The molecule has 1 aliphatic heterocycles. The van der Waals surface area contributed by atoms with Gasteiger partial charge in [0.25, 0.3) is 0 Å². The Labute approximate surface area is 168 Å². The van der Waals surface area contributed by atoms with Gasteiger partial charge in [0, 0.05) is 35.7 Å². The fourth-order valence-electron chi connectivity index (χ4n) is 3.44. The van der Waals surface area contributed by atoms with E-state index in [1.807, 2.05) is 49.0 Å². The SMILES string of the molecule is CN(C)CCn1cnc2c(c1=N)[C@@H](c1ccc(Cl)cc1)c1ccc(O)cc1O2. The minimum Gasteiger partial charge on any atom is -0.508 e. The molecule has 2 aromatic carbocycles. The minimum absolute atomic E-state index is 0.125. The van der Waals surface area contributed by atoms with Gasteiger partial charge in [-0.25, -0.2) is 4.98 Å². The Kier molecular flexibility index (Phi) is 4.83. The van der Waals surface area contributed by atoms with Crippen LogP contribution in [0.2, 0.25) is 5.02 Å². The molecule has 2 N–H and O–H groups in total. The third-order valence-corrected chi connectivity index (χ3v) is 5.13. The average molecular weight is 397 g/mol. The number of benzene rings is 2. The molecule has 0 unspecified atom stereocenters. The molecule has 1 atom stereocenters. The molecule has 0 fully saturated rings. The van der Waals surface area contributed by atoms with Crippen molar-refractivity contribution in [3.05, 3.63) is 76.0 Å². The van der Waals surface area contributed by atoms with Crippen molar-refractivity contribution in [1.29, 1.82) is 5.41 Å². The van der Waals surface area contributed by atoms with Crippen LogP contribution in [0.15, 0.2) is 48.8 Å². The van der Waals surface area contributed by atoms with Gasteiger partial charge < -0.3 is 19.3 Å². The summed E-state index contributed by atoms with van der Waals surface area (Å²) in [6, 6.07) is 12.6. The van der Waals surface area contributed by atoms with Gasteiger partial charge in [-0.05, 0) is 37.9 Å². The number of fused-ring (bicyclic) bond motifs is 2. The van der Waals surface area contributed by atoms with Gasteiger partial charge in [0.15, 0.2) is 0 Å². The van der Waals surface area contributed by atoms with Crippen LogP contribution in [0.4, 0.5) is 0 Å². The van der Waals surface area contributed by atoms with Crippen LogP contribution in [0.3, 0.4) is 0 Å². The Morgan fingerprint density at radius 2 is 1.96 bits per heavy atom. The molecule has 1 aromatic heterocycles. The number of hydrogen-bond acceptors (Lipinski definition) is 5. The minimum atomic E-state index is -0.233. The van der Waals surface area contributed by atoms with E-state index in [0.717, 1.165) is 17.7 Å². The number of nitrogens with zero attached hydrogens (tertiary/aromatic N) is 3. The lowest BCUT2D eigenvalue weighted by atomic mass is 9.84. The highest BCUT2D eigenvalue weighted by Gasteiger charge is 2.32. The van der Waals surface area contributed by atoms with E-state index >= 15 is 0 Å². The Morgan fingerprint density at radius 1 is 1.21 bits per heavy atom. The summed E-state index contributed by atoms with van der Waals surface area (Å²) in [7, 11) is 4.00. The second kappa shape index (κ2) is 7.30. The van der Waals surface area contributed by atoms with Crippen LogP contribution in [-0.2, 0) is 6.54 Å². The van der Waals surface area contributed by atoms with Crippen LogP contribution in [0.5, 0.6) is 17.4 Å². The Balaban J connectivity index is 1.90. The largest absolute Gasteiger partial charge is 0.508 e. The molecular weight excluding hydrogens is 376 g/mol. The van der Waals surface area contributed by atoms with Crippen molar-refractivity contribution in [2.75, 3.05) is 20.6 Å². The highest BCUT2D eigenvalue weighted by molar-refractivity contribution is 6.30. The molecule has 0 aliphatic carbocycles. The van der Waals surface area contributed by atoms with Crippen molar-refractivity contribution >= 4 is 11.6 Å². The first-order valence-corrected chi connectivity index (χ1v) is 9.36. The van der Waals surface area contributed by atoms with Gasteiger partial charge in [0.1, 0.15) is 23.3 Å². The lowest BCUT2D eigenvalue weighted by Gasteiger charge is -2.28. The maximum atomic E-state index is 9.89. The fourth-order valence-corrected chi connectivity index (χ4v) is 3.56. The monoisotopic (exact) mass is 396 g/mol. The summed E-state index contributed by atoms with van der Waals surface area (Å²) in [4.78, 5) is 6.54. The van der Waals surface area contributed by atoms with Gasteiger partial charge in [-0.15, -0.1) is 0 Å². The number of phenols is 1. The fraction of sp³-hybridized carbons (Fsp3) is 0.238. The third-order valence-electron chi connectivity index (χ3n) is 4.88. The molecule has 3 aromatic rings. The molecule has 6 nitrogen and oxygen atoms in total. The van der Waals surface area contributed by atoms with Crippen LogP contribution >= 0.6 is 11.6 Å². The first kappa shape index (κ1) is 18.5. The van der Waals surface area contributed by atoms with Crippen LogP contribution in [-0.4, -0.2) is 40.2 Å². The van der Waals surface area contributed by atoms with E-state index in [2.05, 4.69) is 9.88 Å². The molecule has 28 heavy (non-hydrogen) atoms. The maximum absolute atomic E-state index is 9.89.